The van der Waals surface area contributed by atoms with E-state index in [0.717, 1.165) is 25.5 Å². The Labute approximate surface area is 96.4 Å². The molecule has 0 aliphatic carbocycles. The highest BCUT2D eigenvalue weighted by molar-refractivity contribution is 7.99. The van der Waals surface area contributed by atoms with Crippen LogP contribution < -0.4 is 5.32 Å². The highest BCUT2D eigenvalue weighted by atomic mass is 32.2. The van der Waals surface area contributed by atoms with E-state index in [-0.39, 0.29) is 0 Å². The summed E-state index contributed by atoms with van der Waals surface area (Å²) in [5, 5.41) is 3.15. The summed E-state index contributed by atoms with van der Waals surface area (Å²) in [4.78, 5) is 1.32. The van der Waals surface area contributed by atoms with Crippen molar-refractivity contribution in [3.05, 3.63) is 29.8 Å². The zero-order chi connectivity index (χ0) is 10.9. The van der Waals surface area contributed by atoms with Crippen LogP contribution >= 0.6 is 11.8 Å². The van der Waals surface area contributed by atoms with E-state index < -0.39 is 0 Å². The Balaban J connectivity index is 2.36. The second-order valence-electron chi connectivity index (χ2n) is 3.22. The fraction of sp³-hybridized carbons (Fsp3) is 0.500. The van der Waals surface area contributed by atoms with Crippen molar-refractivity contribution in [2.24, 2.45) is 0 Å². The first-order valence-electron chi connectivity index (χ1n) is 5.31. The Morgan fingerprint density at radius 1 is 1.40 bits per heavy atom. The summed E-state index contributed by atoms with van der Waals surface area (Å²) < 4.78 is 5.30. The molecule has 1 N–H and O–H groups in total. The zero-order valence-corrected chi connectivity index (χ0v) is 10.3. The second-order valence-corrected chi connectivity index (χ2v) is 4.39. The van der Waals surface area contributed by atoms with Crippen molar-refractivity contribution in [1.82, 2.24) is 5.32 Å². The number of rotatable bonds is 7. The number of nitrogens with one attached hydrogen (secondary N) is 1. The van der Waals surface area contributed by atoms with Crippen LogP contribution in [-0.4, -0.2) is 26.0 Å². The molecule has 15 heavy (non-hydrogen) atoms. The van der Waals surface area contributed by atoms with Crippen molar-refractivity contribution in [2.75, 3.05) is 26.0 Å². The van der Waals surface area contributed by atoms with Gasteiger partial charge in [0, 0.05) is 23.8 Å². The molecule has 0 aromatic heterocycles. The largest absolute Gasteiger partial charge is 0.381 e. The normalized spacial score (nSPS) is 10.5. The van der Waals surface area contributed by atoms with Crippen molar-refractivity contribution in [3.8, 4) is 0 Å². The maximum Gasteiger partial charge on any atom is 0.0560 e. The van der Waals surface area contributed by atoms with Gasteiger partial charge < -0.3 is 10.1 Å². The van der Waals surface area contributed by atoms with Crippen LogP contribution in [-0.2, 0) is 11.3 Å². The van der Waals surface area contributed by atoms with Gasteiger partial charge in [-0.15, -0.1) is 11.8 Å². The van der Waals surface area contributed by atoms with Gasteiger partial charge >= 0.3 is 0 Å². The zero-order valence-electron chi connectivity index (χ0n) is 9.45. The SMILES string of the molecule is CCOCCSc1cccc(CNC)c1. The van der Waals surface area contributed by atoms with Crippen LogP contribution in [0.3, 0.4) is 0 Å². The molecule has 1 rings (SSSR count). The summed E-state index contributed by atoms with van der Waals surface area (Å²) >= 11 is 1.85. The van der Waals surface area contributed by atoms with E-state index in [1.165, 1.54) is 10.5 Å². The van der Waals surface area contributed by atoms with Crippen LogP contribution in [0.1, 0.15) is 12.5 Å². The van der Waals surface area contributed by atoms with Gasteiger partial charge in [-0.3, -0.25) is 0 Å². The molecule has 0 radical (unpaired) electrons. The molecule has 1 aromatic carbocycles. The first-order chi connectivity index (χ1) is 7.36. The summed E-state index contributed by atoms with van der Waals surface area (Å²) in [6.45, 7) is 4.59. The van der Waals surface area contributed by atoms with E-state index in [9.17, 15) is 0 Å². The molecule has 2 nitrogen and oxygen atoms in total. The van der Waals surface area contributed by atoms with E-state index >= 15 is 0 Å². The Morgan fingerprint density at radius 3 is 3.00 bits per heavy atom. The van der Waals surface area contributed by atoms with Gasteiger partial charge in [0.15, 0.2) is 0 Å². The van der Waals surface area contributed by atoms with Gasteiger partial charge in [0.1, 0.15) is 0 Å². The molecule has 0 atom stereocenters. The third-order valence-corrected chi connectivity index (χ3v) is 2.94. The predicted octanol–water partition coefficient (Wildman–Crippen LogP) is 2.53. The standard InChI is InChI=1S/C12H19NOS/c1-3-14-7-8-15-12-6-4-5-11(9-12)10-13-2/h4-6,9,13H,3,7-8,10H2,1-2H3. The first kappa shape index (κ1) is 12.6. The molecule has 0 unspecified atom stereocenters. The van der Waals surface area contributed by atoms with E-state index in [2.05, 4.69) is 29.6 Å². The summed E-state index contributed by atoms with van der Waals surface area (Å²) in [6.07, 6.45) is 0. The topological polar surface area (TPSA) is 21.3 Å². The molecular weight excluding hydrogens is 206 g/mol. The van der Waals surface area contributed by atoms with Crippen molar-refractivity contribution in [2.45, 2.75) is 18.4 Å². The lowest BCUT2D eigenvalue weighted by Gasteiger charge is -2.04. The van der Waals surface area contributed by atoms with Crippen molar-refractivity contribution in [3.63, 3.8) is 0 Å². The second kappa shape index (κ2) is 7.74. The van der Waals surface area contributed by atoms with Gasteiger partial charge in [-0.1, -0.05) is 12.1 Å². The maximum absolute atomic E-state index is 5.30. The van der Waals surface area contributed by atoms with Crippen molar-refractivity contribution >= 4 is 11.8 Å². The molecule has 0 aliphatic heterocycles. The van der Waals surface area contributed by atoms with Gasteiger partial charge in [0.05, 0.1) is 6.61 Å². The number of hydrogen-bond donors (Lipinski definition) is 1. The molecule has 0 spiro atoms. The molecule has 0 aliphatic rings. The molecule has 3 heteroatoms. The Kier molecular flexibility index (Phi) is 6.48. The summed E-state index contributed by atoms with van der Waals surface area (Å²) in [5.41, 5.74) is 1.33. The van der Waals surface area contributed by atoms with Crippen LogP contribution in [0.2, 0.25) is 0 Å². The number of benzene rings is 1. The van der Waals surface area contributed by atoms with Crippen LogP contribution in [0.25, 0.3) is 0 Å². The lowest BCUT2D eigenvalue weighted by molar-refractivity contribution is 0.164. The Bertz CT molecular complexity index is 278. The minimum atomic E-state index is 0.806. The van der Waals surface area contributed by atoms with E-state index in [1.807, 2.05) is 25.7 Å². The fourth-order valence-corrected chi connectivity index (χ4v) is 2.16. The van der Waals surface area contributed by atoms with Gasteiger partial charge in [0.25, 0.3) is 0 Å². The van der Waals surface area contributed by atoms with Crippen molar-refractivity contribution in [1.29, 1.82) is 0 Å². The molecule has 0 bridgehead atoms. The molecule has 0 fully saturated rings. The van der Waals surface area contributed by atoms with Gasteiger partial charge in [-0.05, 0) is 31.7 Å². The fourth-order valence-electron chi connectivity index (χ4n) is 1.31. The highest BCUT2D eigenvalue weighted by Gasteiger charge is 1.96. The third kappa shape index (κ3) is 5.21. The highest BCUT2D eigenvalue weighted by Crippen LogP contribution is 2.18. The van der Waals surface area contributed by atoms with Gasteiger partial charge in [-0.25, -0.2) is 0 Å². The molecule has 0 saturated carbocycles. The quantitative estimate of drug-likeness (QED) is 0.569. The lowest BCUT2D eigenvalue weighted by atomic mass is 10.2. The van der Waals surface area contributed by atoms with Crippen LogP contribution in [0.15, 0.2) is 29.2 Å². The average Bonchev–Trinajstić information content (AvgIpc) is 2.26. The Hall–Kier alpha value is -0.510. The molecule has 84 valence electrons. The van der Waals surface area contributed by atoms with Gasteiger partial charge in [-0.2, -0.15) is 0 Å². The number of hydrogen-bond acceptors (Lipinski definition) is 3. The minimum Gasteiger partial charge on any atom is -0.381 e. The molecule has 1 aromatic rings. The van der Waals surface area contributed by atoms with Crippen LogP contribution in [0.5, 0.6) is 0 Å². The molecule has 0 saturated heterocycles. The third-order valence-electron chi connectivity index (χ3n) is 1.98. The average molecular weight is 225 g/mol. The van der Waals surface area contributed by atoms with Crippen LogP contribution in [0, 0.1) is 0 Å². The van der Waals surface area contributed by atoms with Gasteiger partial charge in [0.2, 0.25) is 0 Å². The molecule has 0 heterocycles. The monoisotopic (exact) mass is 225 g/mol. The number of thioether (sulfide) groups is 1. The summed E-state index contributed by atoms with van der Waals surface area (Å²) in [7, 11) is 1.97. The summed E-state index contributed by atoms with van der Waals surface area (Å²) in [5.74, 6) is 1.02. The van der Waals surface area contributed by atoms with E-state index in [1.54, 1.807) is 0 Å². The predicted molar refractivity (Wildman–Crippen MR) is 66.4 cm³/mol. The van der Waals surface area contributed by atoms with E-state index in [0.29, 0.717) is 0 Å². The smallest absolute Gasteiger partial charge is 0.0560 e. The Morgan fingerprint density at radius 2 is 2.27 bits per heavy atom. The summed E-state index contributed by atoms with van der Waals surface area (Å²) in [6, 6.07) is 8.63. The van der Waals surface area contributed by atoms with E-state index in [4.69, 9.17) is 4.74 Å². The lowest BCUT2D eigenvalue weighted by Crippen LogP contribution is -2.04. The van der Waals surface area contributed by atoms with Crippen LogP contribution in [0.4, 0.5) is 0 Å². The molecule has 0 amide bonds. The number of ether oxygens (including phenoxy) is 1. The maximum atomic E-state index is 5.30. The minimum absolute atomic E-state index is 0.806. The first-order valence-corrected chi connectivity index (χ1v) is 6.29. The molecular formula is C12H19NOS. The van der Waals surface area contributed by atoms with Crippen molar-refractivity contribution < 1.29 is 4.74 Å².